The maximum atomic E-state index is 5.82. The van der Waals surface area contributed by atoms with Crippen LogP contribution in [-0.4, -0.2) is 6.61 Å². The second-order valence-electron chi connectivity index (χ2n) is 6.00. The normalized spacial score (nSPS) is 12.0. The Morgan fingerprint density at radius 1 is 1.15 bits per heavy atom. The van der Waals surface area contributed by atoms with Crippen LogP contribution in [0.15, 0.2) is 35.9 Å². The molecule has 0 saturated heterocycles. The van der Waals surface area contributed by atoms with Crippen LogP contribution in [0.5, 0.6) is 5.75 Å². The van der Waals surface area contributed by atoms with Crippen LogP contribution in [0.2, 0.25) is 0 Å². The van der Waals surface area contributed by atoms with Crippen molar-refractivity contribution in [2.24, 2.45) is 5.92 Å². The van der Waals surface area contributed by atoms with Gasteiger partial charge in [-0.2, -0.15) is 0 Å². The van der Waals surface area contributed by atoms with Crippen molar-refractivity contribution in [1.82, 2.24) is 0 Å². The fourth-order valence-corrected chi connectivity index (χ4v) is 2.22. The number of hydrogen-bond acceptors (Lipinski definition) is 1. The van der Waals surface area contributed by atoms with E-state index in [1.54, 1.807) is 0 Å². The zero-order chi connectivity index (χ0) is 14.8. The Bertz CT molecular complexity index is 385. The Kier molecular flexibility index (Phi) is 8.10. The number of ether oxygens (including phenoxy) is 1. The van der Waals surface area contributed by atoms with Gasteiger partial charge in [-0.3, -0.25) is 0 Å². The van der Waals surface area contributed by atoms with Crippen LogP contribution in [0, 0.1) is 5.92 Å². The lowest BCUT2D eigenvalue weighted by molar-refractivity contribution is 0.279. The Hall–Kier alpha value is -1.24. The van der Waals surface area contributed by atoms with Crippen molar-refractivity contribution < 1.29 is 4.74 Å². The van der Waals surface area contributed by atoms with Gasteiger partial charge in [0.05, 0.1) is 6.61 Å². The molecule has 1 atom stereocenters. The third-order valence-corrected chi connectivity index (χ3v) is 3.55. The van der Waals surface area contributed by atoms with Crippen LogP contribution < -0.4 is 4.74 Å². The van der Waals surface area contributed by atoms with Crippen LogP contribution >= 0.6 is 0 Å². The van der Waals surface area contributed by atoms with Crippen LogP contribution in [0.1, 0.15) is 58.9 Å². The van der Waals surface area contributed by atoms with Crippen molar-refractivity contribution in [3.63, 3.8) is 0 Å². The maximum Gasteiger partial charge on any atom is 0.119 e. The highest BCUT2D eigenvalue weighted by molar-refractivity contribution is 5.27. The summed E-state index contributed by atoms with van der Waals surface area (Å²) in [7, 11) is 0. The average molecular weight is 274 g/mol. The Labute approximate surface area is 125 Å². The van der Waals surface area contributed by atoms with Gasteiger partial charge in [0.1, 0.15) is 5.75 Å². The van der Waals surface area contributed by atoms with Gasteiger partial charge in [0, 0.05) is 0 Å². The van der Waals surface area contributed by atoms with E-state index in [9.17, 15) is 0 Å². The topological polar surface area (TPSA) is 9.23 Å². The molecule has 1 nitrogen and oxygen atoms in total. The zero-order valence-electron chi connectivity index (χ0n) is 13.6. The molecule has 0 aliphatic heterocycles. The van der Waals surface area contributed by atoms with Gasteiger partial charge in [0.15, 0.2) is 0 Å². The highest BCUT2D eigenvalue weighted by Gasteiger charge is 2.02. The van der Waals surface area contributed by atoms with Crippen molar-refractivity contribution in [1.29, 1.82) is 0 Å². The first kappa shape index (κ1) is 16.8. The molecule has 0 aromatic heterocycles. The van der Waals surface area contributed by atoms with Crippen molar-refractivity contribution in [3.05, 3.63) is 41.5 Å². The molecule has 20 heavy (non-hydrogen) atoms. The Balaban J connectivity index is 2.21. The van der Waals surface area contributed by atoms with Gasteiger partial charge < -0.3 is 4.74 Å². The molecule has 0 aliphatic carbocycles. The second kappa shape index (κ2) is 9.63. The van der Waals surface area contributed by atoms with E-state index in [-0.39, 0.29) is 0 Å². The minimum atomic E-state index is 0.727. The molecule has 0 aliphatic rings. The average Bonchev–Trinajstić information content (AvgIpc) is 2.40. The van der Waals surface area contributed by atoms with Gasteiger partial charge >= 0.3 is 0 Å². The van der Waals surface area contributed by atoms with E-state index in [0.717, 1.165) is 31.1 Å². The molecule has 1 aromatic rings. The number of rotatable bonds is 9. The van der Waals surface area contributed by atoms with Crippen LogP contribution in [0.25, 0.3) is 0 Å². The summed E-state index contributed by atoms with van der Waals surface area (Å²) in [6.45, 7) is 9.67. The van der Waals surface area contributed by atoms with E-state index >= 15 is 0 Å². The Morgan fingerprint density at radius 2 is 1.85 bits per heavy atom. The molecule has 0 saturated carbocycles. The first-order valence-corrected chi connectivity index (χ1v) is 7.97. The fraction of sp³-hybridized carbons (Fsp3) is 0.579. The summed E-state index contributed by atoms with van der Waals surface area (Å²) >= 11 is 0. The molecule has 1 aromatic carbocycles. The lowest BCUT2D eigenvalue weighted by Crippen LogP contribution is -2.04. The largest absolute Gasteiger partial charge is 0.494 e. The summed E-state index contributed by atoms with van der Waals surface area (Å²) in [6, 6.07) is 8.55. The SMILES string of the molecule is CCCc1ccc(OCCC(C)CCC=C(C)C)cc1. The molecule has 0 spiro atoms. The molecule has 112 valence electrons. The van der Waals surface area contributed by atoms with Gasteiger partial charge in [-0.15, -0.1) is 0 Å². The Morgan fingerprint density at radius 3 is 2.45 bits per heavy atom. The summed E-state index contributed by atoms with van der Waals surface area (Å²) in [4.78, 5) is 0. The molecule has 0 heterocycles. The molecule has 1 rings (SSSR count). The molecular weight excluding hydrogens is 244 g/mol. The third-order valence-electron chi connectivity index (χ3n) is 3.55. The quantitative estimate of drug-likeness (QED) is 0.518. The van der Waals surface area contributed by atoms with E-state index in [0.29, 0.717) is 0 Å². The van der Waals surface area contributed by atoms with Crippen LogP contribution in [0.3, 0.4) is 0 Å². The molecule has 1 unspecified atom stereocenters. The van der Waals surface area contributed by atoms with Crippen molar-refractivity contribution in [3.8, 4) is 5.75 Å². The van der Waals surface area contributed by atoms with Gasteiger partial charge in [-0.1, -0.05) is 44.1 Å². The first-order valence-electron chi connectivity index (χ1n) is 7.97. The van der Waals surface area contributed by atoms with Crippen molar-refractivity contribution >= 4 is 0 Å². The summed E-state index contributed by atoms with van der Waals surface area (Å²) < 4.78 is 5.82. The van der Waals surface area contributed by atoms with Gasteiger partial charge in [0.2, 0.25) is 0 Å². The van der Waals surface area contributed by atoms with Gasteiger partial charge in [-0.25, -0.2) is 0 Å². The number of aryl methyl sites for hydroxylation is 1. The van der Waals surface area contributed by atoms with E-state index in [1.807, 2.05) is 0 Å². The van der Waals surface area contributed by atoms with Gasteiger partial charge in [0.25, 0.3) is 0 Å². The van der Waals surface area contributed by atoms with Crippen LogP contribution in [0.4, 0.5) is 0 Å². The fourth-order valence-electron chi connectivity index (χ4n) is 2.22. The molecular formula is C19H30O. The summed E-state index contributed by atoms with van der Waals surface area (Å²) in [5.74, 6) is 1.73. The lowest BCUT2D eigenvalue weighted by atomic mass is 10.0. The van der Waals surface area contributed by atoms with E-state index < -0.39 is 0 Å². The zero-order valence-corrected chi connectivity index (χ0v) is 13.6. The molecule has 0 bridgehead atoms. The van der Waals surface area contributed by atoms with Crippen molar-refractivity contribution in [2.75, 3.05) is 6.61 Å². The highest BCUT2D eigenvalue weighted by Crippen LogP contribution is 2.16. The summed E-state index contributed by atoms with van der Waals surface area (Å²) in [5, 5.41) is 0. The van der Waals surface area contributed by atoms with E-state index in [2.05, 4.69) is 58.0 Å². The lowest BCUT2D eigenvalue weighted by Gasteiger charge is -2.12. The third kappa shape index (κ3) is 7.37. The van der Waals surface area contributed by atoms with Crippen molar-refractivity contribution in [2.45, 2.75) is 59.8 Å². The summed E-state index contributed by atoms with van der Waals surface area (Å²) in [6.07, 6.45) is 8.25. The number of benzene rings is 1. The monoisotopic (exact) mass is 274 g/mol. The van der Waals surface area contributed by atoms with E-state index in [1.165, 1.54) is 30.4 Å². The van der Waals surface area contributed by atoms with Crippen LogP contribution in [-0.2, 0) is 6.42 Å². The summed E-state index contributed by atoms with van der Waals surface area (Å²) in [5.41, 5.74) is 2.82. The highest BCUT2D eigenvalue weighted by atomic mass is 16.5. The minimum absolute atomic E-state index is 0.727. The number of allylic oxidation sites excluding steroid dienone is 2. The predicted molar refractivity (Wildman–Crippen MR) is 88.4 cm³/mol. The molecule has 0 amide bonds. The molecule has 1 heteroatoms. The van der Waals surface area contributed by atoms with E-state index in [4.69, 9.17) is 4.74 Å². The standard InChI is InChI=1S/C19H30O/c1-5-7-18-10-12-19(13-11-18)20-15-14-17(4)9-6-8-16(2)3/h8,10-13,17H,5-7,9,14-15H2,1-4H3. The predicted octanol–water partition coefficient (Wildman–Crippen LogP) is 5.79. The molecule has 0 fully saturated rings. The maximum absolute atomic E-state index is 5.82. The van der Waals surface area contributed by atoms with Gasteiger partial charge in [-0.05, 0) is 63.1 Å². The molecule has 0 radical (unpaired) electrons. The molecule has 0 N–H and O–H groups in total. The minimum Gasteiger partial charge on any atom is -0.494 e. The first-order chi connectivity index (χ1) is 9.61. The smallest absolute Gasteiger partial charge is 0.119 e. The second-order valence-corrected chi connectivity index (χ2v) is 6.00. The number of hydrogen-bond donors (Lipinski definition) is 0.